The van der Waals surface area contributed by atoms with Crippen molar-refractivity contribution in [1.29, 1.82) is 0 Å². The highest BCUT2D eigenvalue weighted by atomic mass is 16.4. The quantitative estimate of drug-likeness (QED) is 0.516. The Morgan fingerprint density at radius 1 is 1.56 bits per heavy atom. The van der Waals surface area contributed by atoms with Gasteiger partial charge in [-0.15, -0.1) is 0 Å². The van der Waals surface area contributed by atoms with E-state index in [1.54, 1.807) is 0 Å². The maximum atomic E-state index is 11.2. The van der Waals surface area contributed by atoms with Gasteiger partial charge in [-0.1, -0.05) is 0 Å². The smallest absolute Gasteiger partial charge is 0.325 e. The number of rotatable bonds is 5. The van der Waals surface area contributed by atoms with E-state index in [9.17, 15) is 9.59 Å². The summed E-state index contributed by atoms with van der Waals surface area (Å²) in [6.45, 7) is 0.479. The average molecular weight is 227 g/mol. The second-order valence-corrected chi connectivity index (χ2v) is 2.99. The first-order chi connectivity index (χ1) is 7.61. The number of nitrogens with two attached hydrogens (primary N) is 1. The molecule has 0 aliphatic heterocycles. The Morgan fingerprint density at radius 2 is 2.31 bits per heavy atom. The predicted molar refractivity (Wildman–Crippen MR) is 55.9 cm³/mol. The van der Waals surface area contributed by atoms with E-state index in [4.69, 9.17) is 10.8 Å². The molecule has 1 heterocycles. The second kappa shape index (κ2) is 5.71. The summed E-state index contributed by atoms with van der Waals surface area (Å²) in [7, 11) is 0. The van der Waals surface area contributed by atoms with Gasteiger partial charge in [0.15, 0.2) is 0 Å². The second-order valence-electron chi connectivity index (χ2n) is 2.99. The third-order valence-electron chi connectivity index (χ3n) is 1.62. The van der Waals surface area contributed by atoms with E-state index in [0.29, 0.717) is 18.8 Å². The first-order valence-electron chi connectivity index (χ1n) is 4.61. The number of nitrogens with one attached hydrogen (secondary N) is 2. The van der Waals surface area contributed by atoms with Gasteiger partial charge in [-0.05, 0) is 0 Å². The van der Waals surface area contributed by atoms with Crippen molar-refractivity contribution in [3.8, 4) is 0 Å². The van der Waals surface area contributed by atoms with Crippen molar-refractivity contribution in [1.82, 2.24) is 15.1 Å². The lowest BCUT2D eigenvalue weighted by Gasteiger charge is -2.03. The number of nitrogens with zero attached hydrogens (tertiary/aromatic N) is 2. The van der Waals surface area contributed by atoms with Gasteiger partial charge >= 0.3 is 12.0 Å². The Bertz CT molecular complexity index is 376. The number of amides is 2. The van der Waals surface area contributed by atoms with Crippen LogP contribution in [0, 0.1) is 0 Å². The van der Waals surface area contributed by atoms with Crippen molar-refractivity contribution in [3.05, 3.63) is 12.4 Å². The Hall–Kier alpha value is -2.09. The first kappa shape index (κ1) is 12.0. The lowest BCUT2D eigenvalue weighted by Crippen LogP contribution is -2.32. The SMILES string of the molecule is NCCNC(=O)Nc1cnn(CC(=O)O)c1. The minimum absolute atomic E-state index is 0.244. The minimum Gasteiger partial charge on any atom is -0.480 e. The molecule has 0 saturated carbocycles. The summed E-state index contributed by atoms with van der Waals surface area (Å²) in [5, 5.41) is 17.2. The fraction of sp³-hybridized carbons (Fsp3) is 0.375. The molecule has 0 bridgehead atoms. The fourth-order valence-corrected chi connectivity index (χ4v) is 1.01. The number of carboxylic acid groups (broad SMARTS) is 1. The van der Waals surface area contributed by atoms with Crippen LogP contribution >= 0.6 is 0 Å². The number of carbonyl (C=O) groups is 2. The molecule has 1 aromatic heterocycles. The monoisotopic (exact) mass is 227 g/mol. The molecular formula is C8H13N5O3. The van der Waals surface area contributed by atoms with Gasteiger partial charge in [0.1, 0.15) is 6.54 Å². The van der Waals surface area contributed by atoms with Crippen molar-refractivity contribution >= 4 is 17.7 Å². The van der Waals surface area contributed by atoms with E-state index in [-0.39, 0.29) is 6.54 Å². The van der Waals surface area contributed by atoms with Gasteiger partial charge in [0.25, 0.3) is 0 Å². The molecule has 0 radical (unpaired) electrons. The lowest BCUT2D eigenvalue weighted by atomic mass is 10.5. The number of aliphatic carboxylic acids is 1. The molecule has 5 N–H and O–H groups in total. The van der Waals surface area contributed by atoms with Crippen LogP contribution in [0.15, 0.2) is 12.4 Å². The number of aromatic nitrogens is 2. The van der Waals surface area contributed by atoms with E-state index in [1.165, 1.54) is 17.1 Å². The van der Waals surface area contributed by atoms with Gasteiger partial charge in [-0.3, -0.25) is 9.48 Å². The highest BCUT2D eigenvalue weighted by molar-refractivity contribution is 5.88. The summed E-state index contributed by atoms with van der Waals surface area (Å²) in [4.78, 5) is 21.5. The molecular weight excluding hydrogens is 214 g/mol. The zero-order valence-electron chi connectivity index (χ0n) is 8.51. The summed E-state index contributed by atoms with van der Waals surface area (Å²) < 4.78 is 1.21. The van der Waals surface area contributed by atoms with Crippen LogP contribution in [0.5, 0.6) is 0 Å². The molecule has 8 heteroatoms. The van der Waals surface area contributed by atoms with Crippen molar-refractivity contribution < 1.29 is 14.7 Å². The topological polar surface area (TPSA) is 122 Å². The van der Waals surface area contributed by atoms with Crippen LogP contribution in [0.3, 0.4) is 0 Å². The van der Waals surface area contributed by atoms with Gasteiger partial charge in [-0.25, -0.2) is 4.79 Å². The molecule has 0 spiro atoms. The summed E-state index contributed by atoms with van der Waals surface area (Å²) in [5.41, 5.74) is 5.63. The molecule has 88 valence electrons. The maximum absolute atomic E-state index is 11.2. The van der Waals surface area contributed by atoms with Gasteiger partial charge < -0.3 is 21.5 Å². The van der Waals surface area contributed by atoms with Crippen LogP contribution in [0.1, 0.15) is 0 Å². The van der Waals surface area contributed by atoms with Crippen molar-refractivity contribution in [3.63, 3.8) is 0 Å². The first-order valence-corrected chi connectivity index (χ1v) is 4.61. The zero-order chi connectivity index (χ0) is 12.0. The number of urea groups is 1. The summed E-state index contributed by atoms with van der Waals surface area (Å²) >= 11 is 0. The average Bonchev–Trinajstić information content (AvgIpc) is 2.61. The van der Waals surface area contributed by atoms with Crippen LogP contribution in [0.25, 0.3) is 0 Å². The van der Waals surface area contributed by atoms with Crippen molar-refractivity contribution in [2.75, 3.05) is 18.4 Å². The van der Waals surface area contributed by atoms with E-state index in [0.717, 1.165) is 0 Å². The summed E-state index contributed by atoms with van der Waals surface area (Å²) in [5.74, 6) is -0.998. The zero-order valence-corrected chi connectivity index (χ0v) is 8.51. The lowest BCUT2D eigenvalue weighted by molar-refractivity contribution is -0.137. The third-order valence-corrected chi connectivity index (χ3v) is 1.62. The summed E-state index contributed by atoms with van der Waals surface area (Å²) in [6.07, 6.45) is 2.79. The van der Waals surface area contributed by atoms with E-state index in [1.807, 2.05) is 0 Å². The van der Waals surface area contributed by atoms with E-state index >= 15 is 0 Å². The predicted octanol–water partition coefficient (Wildman–Crippen LogP) is -0.952. The molecule has 0 atom stereocenters. The van der Waals surface area contributed by atoms with Gasteiger partial charge in [0.05, 0.1) is 11.9 Å². The molecule has 8 nitrogen and oxygen atoms in total. The molecule has 1 aromatic rings. The number of carboxylic acids is 1. The maximum Gasteiger partial charge on any atom is 0.325 e. The van der Waals surface area contributed by atoms with Crippen LogP contribution in [-0.2, 0) is 11.3 Å². The number of anilines is 1. The molecule has 0 fully saturated rings. The van der Waals surface area contributed by atoms with Crippen LogP contribution < -0.4 is 16.4 Å². The van der Waals surface area contributed by atoms with Crippen LogP contribution in [0.4, 0.5) is 10.5 Å². The Labute approximate surface area is 91.4 Å². The Balaban J connectivity index is 2.45. The minimum atomic E-state index is -0.998. The molecule has 16 heavy (non-hydrogen) atoms. The number of hydrogen-bond acceptors (Lipinski definition) is 4. The fourth-order valence-electron chi connectivity index (χ4n) is 1.01. The van der Waals surface area contributed by atoms with Crippen molar-refractivity contribution in [2.24, 2.45) is 5.73 Å². The molecule has 0 unspecified atom stereocenters. The van der Waals surface area contributed by atoms with E-state index < -0.39 is 12.0 Å². The molecule has 0 aromatic carbocycles. The van der Waals surface area contributed by atoms with Crippen LogP contribution in [0.2, 0.25) is 0 Å². The highest BCUT2D eigenvalue weighted by Crippen LogP contribution is 2.03. The van der Waals surface area contributed by atoms with Gasteiger partial charge in [-0.2, -0.15) is 5.10 Å². The van der Waals surface area contributed by atoms with Crippen molar-refractivity contribution in [2.45, 2.75) is 6.54 Å². The largest absolute Gasteiger partial charge is 0.480 e. The van der Waals surface area contributed by atoms with Gasteiger partial charge in [0, 0.05) is 19.3 Å². The third kappa shape index (κ3) is 3.96. The molecule has 0 saturated heterocycles. The summed E-state index contributed by atoms with van der Waals surface area (Å²) in [6, 6.07) is -0.402. The number of carbonyl (C=O) groups excluding carboxylic acids is 1. The number of hydrogen-bond donors (Lipinski definition) is 4. The van der Waals surface area contributed by atoms with Gasteiger partial charge in [0.2, 0.25) is 0 Å². The van der Waals surface area contributed by atoms with Crippen LogP contribution in [-0.4, -0.2) is 40.0 Å². The van der Waals surface area contributed by atoms with E-state index in [2.05, 4.69) is 15.7 Å². The molecule has 0 aliphatic rings. The Kier molecular flexibility index (Phi) is 4.28. The standard InChI is InChI=1S/C8H13N5O3/c9-1-2-10-8(16)12-6-3-11-13(4-6)5-7(14)15/h3-4H,1-2,5,9H2,(H,14,15)(H2,10,12,16). The Morgan fingerprint density at radius 3 is 2.94 bits per heavy atom. The molecule has 0 aliphatic carbocycles. The highest BCUT2D eigenvalue weighted by Gasteiger charge is 2.05. The molecule has 2 amide bonds. The molecule has 1 rings (SSSR count). The normalized spacial score (nSPS) is 9.81.